The molecule has 0 saturated carbocycles. The molecule has 1 fully saturated rings. The second kappa shape index (κ2) is 9.74. The number of amides is 2. The molecule has 0 radical (unpaired) electrons. The number of piperazine rings is 1. The number of benzene rings is 2. The summed E-state index contributed by atoms with van der Waals surface area (Å²) in [6.45, 7) is 4.23. The fourth-order valence-electron chi connectivity index (χ4n) is 3.22. The molecule has 1 aliphatic rings. The van der Waals surface area contributed by atoms with Gasteiger partial charge in [-0.1, -0.05) is 30.7 Å². The van der Waals surface area contributed by atoms with Gasteiger partial charge >= 0.3 is 0 Å². The molecule has 0 spiro atoms. The number of ether oxygens (including phenoxy) is 1. The standard InChI is InChI=1S/C22H24ClFN2O3/c1-2-16-3-5-17(6-4-16)22(28)26-12-10-25(11-13-26)21(27)9-14-29-20-8-7-18(24)15-19(20)23/h3-8,15H,2,9-14H2,1H3. The molecule has 3 rings (SSSR count). The van der Waals surface area contributed by atoms with E-state index in [1.165, 1.54) is 23.8 Å². The van der Waals surface area contributed by atoms with E-state index in [0.717, 1.165) is 6.42 Å². The molecule has 0 bridgehead atoms. The van der Waals surface area contributed by atoms with E-state index < -0.39 is 5.82 Å². The van der Waals surface area contributed by atoms with Crippen LogP contribution in [0.1, 0.15) is 29.3 Å². The number of carbonyl (C=O) groups excluding carboxylic acids is 2. The minimum absolute atomic E-state index is 0.00552. The molecule has 5 nitrogen and oxygen atoms in total. The number of hydrogen-bond donors (Lipinski definition) is 0. The van der Waals surface area contributed by atoms with Crippen LogP contribution in [0.25, 0.3) is 0 Å². The van der Waals surface area contributed by atoms with E-state index in [4.69, 9.17) is 16.3 Å². The predicted octanol–water partition coefficient (Wildman–Crippen LogP) is 3.80. The van der Waals surface area contributed by atoms with Crippen molar-refractivity contribution in [3.63, 3.8) is 0 Å². The third-order valence-electron chi connectivity index (χ3n) is 5.00. The van der Waals surface area contributed by atoms with E-state index in [2.05, 4.69) is 6.92 Å². The molecule has 0 aliphatic carbocycles. The maximum Gasteiger partial charge on any atom is 0.253 e. The van der Waals surface area contributed by atoms with Gasteiger partial charge in [0.25, 0.3) is 5.91 Å². The number of aryl methyl sites for hydroxylation is 1. The van der Waals surface area contributed by atoms with Crippen molar-refractivity contribution in [2.24, 2.45) is 0 Å². The maximum atomic E-state index is 13.0. The molecule has 0 aromatic heterocycles. The first kappa shape index (κ1) is 21.1. The van der Waals surface area contributed by atoms with Crippen molar-refractivity contribution < 1.29 is 18.7 Å². The van der Waals surface area contributed by atoms with Crippen LogP contribution in [0, 0.1) is 5.82 Å². The second-order valence-electron chi connectivity index (χ2n) is 6.90. The molecule has 1 saturated heterocycles. The Kier molecular flexibility index (Phi) is 7.09. The minimum Gasteiger partial charge on any atom is -0.491 e. The van der Waals surface area contributed by atoms with Crippen molar-refractivity contribution in [3.8, 4) is 5.75 Å². The van der Waals surface area contributed by atoms with Crippen LogP contribution in [0.5, 0.6) is 5.75 Å². The average Bonchev–Trinajstić information content (AvgIpc) is 2.75. The minimum atomic E-state index is -0.438. The van der Waals surface area contributed by atoms with Crippen molar-refractivity contribution in [3.05, 3.63) is 64.4 Å². The van der Waals surface area contributed by atoms with Gasteiger partial charge in [0.05, 0.1) is 18.1 Å². The normalized spacial score (nSPS) is 14.0. The molecule has 2 aromatic carbocycles. The summed E-state index contributed by atoms with van der Waals surface area (Å²) in [5.41, 5.74) is 1.87. The summed E-state index contributed by atoms with van der Waals surface area (Å²) in [5, 5.41) is 0.177. The Labute approximate surface area is 175 Å². The lowest BCUT2D eigenvalue weighted by Crippen LogP contribution is -2.50. The Morgan fingerprint density at radius 1 is 1.03 bits per heavy atom. The summed E-state index contributed by atoms with van der Waals surface area (Å²) in [6.07, 6.45) is 1.13. The molecule has 7 heteroatoms. The van der Waals surface area contributed by atoms with Gasteiger partial charge in [0.2, 0.25) is 5.91 Å². The Balaban J connectivity index is 1.44. The largest absolute Gasteiger partial charge is 0.491 e. The highest BCUT2D eigenvalue weighted by molar-refractivity contribution is 6.32. The highest BCUT2D eigenvalue weighted by Gasteiger charge is 2.24. The molecular weight excluding hydrogens is 395 g/mol. The second-order valence-corrected chi connectivity index (χ2v) is 7.30. The number of nitrogens with zero attached hydrogens (tertiary/aromatic N) is 2. The van der Waals surface area contributed by atoms with Crippen LogP contribution in [0.4, 0.5) is 4.39 Å². The highest BCUT2D eigenvalue weighted by Crippen LogP contribution is 2.25. The van der Waals surface area contributed by atoms with Crippen LogP contribution in [0.2, 0.25) is 5.02 Å². The smallest absolute Gasteiger partial charge is 0.253 e. The molecule has 1 heterocycles. The fraction of sp³-hybridized carbons (Fsp3) is 0.364. The zero-order chi connectivity index (χ0) is 20.8. The summed E-state index contributed by atoms with van der Waals surface area (Å²) in [4.78, 5) is 28.5. The van der Waals surface area contributed by atoms with E-state index in [-0.39, 0.29) is 29.9 Å². The molecule has 0 atom stereocenters. The van der Waals surface area contributed by atoms with Crippen molar-refractivity contribution >= 4 is 23.4 Å². The van der Waals surface area contributed by atoms with E-state index >= 15 is 0 Å². The van der Waals surface area contributed by atoms with Gasteiger partial charge in [-0.3, -0.25) is 9.59 Å². The fourth-order valence-corrected chi connectivity index (χ4v) is 3.44. The number of carbonyl (C=O) groups is 2. The number of hydrogen-bond acceptors (Lipinski definition) is 3. The lowest BCUT2D eigenvalue weighted by molar-refractivity contribution is -0.133. The third kappa shape index (κ3) is 5.48. The van der Waals surface area contributed by atoms with E-state index in [1.807, 2.05) is 24.3 Å². The Hall–Kier alpha value is -2.60. The molecule has 29 heavy (non-hydrogen) atoms. The van der Waals surface area contributed by atoms with Crippen LogP contribution < -0.4 is 4.74 Å². The molecule has 0 unspecified atom stereocenters. The Bertz CT molecular complexity index is 865. The predicted molar refractivity (Wildman–Crippen MR) is 110 cm³/mol. The van der Waals surface area contributed by atoms with E-state index in [0.29, 0.717) is 37.5 Å². The van der Waals surface area contributed by atoms with E-state index in [9.17, 15) is 14.0 Å². The van der Waals surface area contributed by atoms with Gasteiger partial charge in [0.15, 0.2) is 0 Å². The van der Waals surface area contributed by atoms with Gasteiger partial charge in [-0.25, -0.2) is 4.39 Å². The molecule has 2 aromatic rings. The number of halogens is 2. The summed E-state index contributed by atoms with van der Waals surface area (Å²) in [7, 11) is 0. The van der Waals surface area contributed by atoms with Gasteiger partial charge in [-0.05, 0) is 42.3 Å². The molecule has 2 amide bonds. The first-order valence-corrected chi connectivity index (χ1v) is 10.1. The summed E-state index contributed by atoms with van der Waals surface area (Å²) >= 11 is 5.91. The van der Waals surface area contributed by atoms with Gasteiger partial charge < -0.3 is 14.5 Å². The number of rotatable bonds is 6. The topological polar surface area (TPSA) is 49.9 Å². The monoisotopic (exact) mass is 418 g/mol. The summed E-state index contributed by atoms with van der Waals surface area (Å²) in [6, 6.07) is 11.5. The van der Waals surface area contributed by atoms with Gasteiger partial charge in [-0.2, -0.15) is 0 Å². The molecule has 1 aliphatic heterocycles. The van der Waals surface area contributed by atoms with Crippen LogP contribution >= 0.6 is 11.6 Å². The van der Waals surface area contributed by atoms with Crippen LogP contribution in [-0.4, -0.2) is 54.4 Å². The maximum absolute atomic E-state index is 13.0. The summed E-state index contributed by atoms with van der Waals surface area (Å²) < 4.78 is 18.5. The van der Waals surface area contributed by atoms with Crippen molar-refractivity contribution in [1.82, 2.24) is 9.80 Å². The molecular formula is C22H24ClFN2O3. The van der Waals surface area contributed by atoms with Crippen LogP contribution in [0.3, 0.4) is 0 Å². The third-order valence-corrected chi connectivity index (χ3v) is 5.29. The zero-order valence-electron chi connectivity index (χ0n) is 16.4. The Morgan fingerprint density at radius 2 is 1.69 bits per heavy atom. The van der Waals surface area contributed by atoms with Gasteiger partial charge in [0, 0.05) is 31.7 Å². The van der Waals surface area contributed by atoms with Crippen LogP contribution in [-0.2, 0) is 11.2 Å². The SMILES string of the molecule is CCc1ccc(C(=O)N2CCN(C(=O)CCOc3ccc(F)cc3Cl)CC2)cc1. The lowest BCUT2D eigenvalue weighted by atomic mass is 10.1. The first-order valence-electron chi connectivity index (χ1n) is 9.71. The van der Waals surface area contributed by atoms with Crippen molar-refractivity contribution in [2.75, 3.05) is 32.8 Å². The van der Waals surface area contributed by atoms with Crippen molar-refractivity contribution in [1.29, 1.82) is 0 Å². The first-order chi connectivity index (χ1) is 14.0. The Morgan fingerprint density at radius 3 is 2.31 bits per heavy atom. The lowest BCUT2D eigenvalue weighted by Gasteiger charge is -2.35. The van der Waals surface area contributed by atoms with E-state index in [1.54, 1.807) is 9.80 Å². The quantitative estimate of drug-likeness (QED) is 0.717. The molecule has 0 N–H and O–H groups in total. The van der Waals surface area contributed by atoms with Crippen LogP contribution in [0.15, 0.2) is 42.5 Å². The van der Waals surface area contributed by atoms with Gasteiger partial charge in [-0.15, -0.1) is 0 Å². The zero-order valence-corrected chi connectivity index (χ0v) is 17.1. The molecule has 154 valence electrons. The summed E-state index contributed by atoms with van der Waals surface area (Å²) in [5.74, 6) is -0.130. The van der Waals surface area contributed by atoms with Crippen molar-refractivity contribution in [2.45, 2.75) is 19.8 Å². The highest BCUT2D eigenvalue weighted by atomic mass is 35.5. The van der Waals surface area contributed by atoms with Gasteiger partial charge in [0.1, 0.15) is 11.6 Å². The average molecular weight is 419 g/mol.